The smallest absolute Gasteiger partial charge is 0.241 e. The Labute approximate surface area is 106 Å². The molecule has 1 saturated heterocycles. The predicted molar refractivity (Wildman–Crippen MR) is 70.0 cm³/mol. The van der Waals surface area contributed by atoms with Gasteiger partial charge >= 0.3 is 0 Å². The van der Waals surface area contributed by atoms with Gasteiger partial charge in [0, 0.05) is 6.42 Å². The number of nitrogens with one attached hydrogen (secondary N) is 2. The van der Waals surface area contributed by atoms with Crippen LogP contribution < -0.4 is 10.6 Å². The lowest BCUT2D eigenvalue weighted by Gasteiger charge is -2.32. The zero-order valence-electron chi connectivity index (χ0n) is 9.59. The van der Waals surface area contributed by atoms with Crippen molar-refractivity contribution in [2.45, 2.75) is 17.8 Å². The molecule has 1 aromatic rings. The molecule has 0 radical (unpaired) electrons. The average molecular weight is 252 g/mol. The van der Waals surface area contributed by atoms with E-state index in [-0.39, 0.29) is 17.3 Å². The molecule has 1 aliphatic rings. The lowest BCUT2D eigenvalue weighted by molar-refractivity contribution is -0.129. The number of amides is 1. The molecule has 0 aromatic heterocycles. The molecule has 2 atom stereocenters. The van der Waals surface area contributed by atoms with Gasteiger partial charge in [-0.05, 0) is 12.6 Å². The molecular weight excluding hydrogens is 236 g/mol. The highest BCUT2D eigenvalue weighted by Gasteiger charge is 2.34. The van der Waals surface area contributed by atoms with Crippen LogP contribution in [0.3, 0.4) is 0 Å². The van der Waals surface area contributed by atoms with Crippen LogP contribution >= 0.6 is 12.6 Å². The van der Waals surface area contributed by atoms with Crippen molar-refractivity contribution in [2.24, 2.45) is 0 Å². The summed E-state index contributed by atoms with van der Waals surface area (Å²) >= 11 is 4.02. The Hall–Kier alpha value is -1.33. The maximum Gasteiger partial charge on any atom is 0.241 e. The molecule has 4 nitrogen and oxygen atoms in total. The van der Waals surface area contributed by atoms with Crippen molar-refractivity contribution in [3.63, 3.8) is 0 Å². The van der Waals surface area contributed by atoms with Gasteiger partial charge in [0.05, 0.1) is 5.37 Å². The van der Waals surface area contributed by atoms with E-state index in [0.717, 1.165) is 11.8 Å². The second kappa shape index (κ2) is 7.09. The van der Waals surface area contributed by atoms with E-state index in [1.165, 1.54) is 0 Å². The van der Waals surface area contributed by atoms with Crippen LogP contribution in [0.25, 0.3) is 0 Å². The summed E-state index contributed by atoms with van der Waals surface area (Å²) in [5, 5.41) is 5.39. The molecule has 2 rings (SSSR count). The SMILES string of the molecule is CNC1C(=O)NC1S.O=CCc1ccccc1. The topological polar surface area (TPSA) is 58.2 Å². The number of hydrogen-bond acceptors (Lipinski definition) is 4. The highest BCUT2D eigenvalue weighted by atomic mass is 32.1. The first-order chi connectivity index (χ1) is 8.19. The van der Waals surface area contributed by atoms with E-state index in [1.807, 2.05) is 30.3 Å². The van der Waals surface area contributed by atoms with E-state index in [9.17, 15) is 9.59 Å². The van der Waals surface area contributed by atoms with Crippen LogP contribution in [-0.4, -0.2) is 30.7 Å². The molecule has 2 unspecified atom stereocenters. The van der Waals surface area contributed by atoms with Crippen molar-refractivity contribution in [3.05, 3.63) is 35.9 Å². The molecule has 92 valence electrons. The minimum absolute atomic E-state index is 0.00694. The summed E-state index contributed by atoms with van der Waals surface area (Å²) in [5.41, 5.74) is 1.08. The van der Waals surface area contributed by atoms with Crippen LogP contribution in [0.4, 0.5) is 0 Å². The molecule has 1 aliphatic heterocycles. The van der Waals surface area contributed by atoms with Crippen LogP contribution in [-0.2, 0) is 16.0 Å². The highest BCUT2D eigenvalue weighted by Crippen LogP contribution is 2.07. The van der Waals surface area contributed by atoms with Gasteiger partial charge in [0.25, 0.3) is 0 Å². The number of rotatable bonds is 3. The number of β-lactam (4-membered cyclic amide) rings is 1. The standard InChI is InChI=1S/C8H8O.C4H8N2OS/c9-7-6-8-4-2-1-3-5-8;1-5-2-3(7)6-4(2)8/h1-5,7H,6H2;2,4-5,8H,1H3,(H,6,7). The summed E-state index contributed by atoms with van der Waals surface area (Å²) in [4.78, 5) is 20.4. The van der Waals surface area contributed by atoms with Crippen LogP contribution in [0.1, 0.15) is 5.56 Å². The Bertz CT molecular complexity index is 370. The molecule has 5 heteroatoms. The maximum atomic E-state index is 10.4. The molecule has 1 aromatic carbocycles. The summed E-state index contributed by atoms with van der Waals surface area (Å²) in [7, 11) is 1.74. The third-order valence-corrected chi connectivity index (χ3v) is 2.79. The minimum atomic E-state index is -0.0849. The highest BCUT2D eigenvalue weighted by molar-refractivity contribution is 7.81. The van der Waals surface area contributed by atoms with Gasteiger partial charge in [0.1, 0.15) is 12.3 Å². The fraction of sp³-hybridized carbons (Fsp3) is 0.333. The van der Waals surface area contributed by atoms with Gasteiger partial charge in [-0.25, -0.2) is 0 Å². The van der Waals surface area contributed by atoms with Gasteiger partial charge in [-0.2, -0.15) is 12.6 Å². The molecule has 1 fully saturated rings. The van der Waals surface area contributed by atoms with Crippen molar-refractivity contribution in [3.8, 4) is 0 Å². The van der Waals surface area contributed by atoms with E-state index >= 15 is 0 Å². The number of aldehydes is 1. The largest absolute Gasteiger partial charge is 0.341 e. The van der Waals surface area contributed by atoms with Crippen molar-refractivity contribution < 1.29 is 9.59 Å². The van der Waals surface area contributed by atoms with Crippen molar-refractivity contribution in [1.29, 1.82) is 0 Å². The molecule has 1 amide bonds. The number of benzene rings is 1. The van der Waals surface area contributed by atoms with E-state index in [1.54, 1.807) is 7.05 Å². The monoisotopic (exact) mass is 252 g/mol. The quantitative estimate of drug-likeness (QED) is 0.414. The molecule has 0 bridgehead atoms. The Morgan fingerprint density at radius 3 is 2.41 bits per heavy atom. The molecule has 2 N–H and O–H groups in total. The minimum Gasteiger partial charge on any atom is -0.341 e. The molecule has 0 aliphatic carbocycles. The second-order valence-electron chi connectivity index (χ2n) is 3.58. The van der Waals surface area contributed by atoms with Crippen molar-refractivity contribution in [1.82, 2.24) is 10.6 Å². The first kappa shape index (κ1) is 13.7. The third-order valence-electron chi connectivity index (χ3n) is 2.36. The fourth-order valence-corrected chi connectivity index (χ4v) is 1.78. The summed E-state index contributed by atoms with van der Waals surface area (Å²) < 4.78 is 0. The lowest BCUT2D eigenvalue weighted by Crippen LogP contribution is -2.64. The molecular formula is C12H16N2O2S. The van der Waals surface area contributed by atoms with Gasteiger partial charge in [-0.15, -0.1) is 0 Å². The van der Waals surface area contributed by atoms with Crippen molar-refractivity contribution in [2.75, 3.05) is 7.05 Å². The zero-order valence-corrected chi connectivity index (χ0v) is 10.5. The van der Waals surface area contributed by atoms with Gasteiger partial charge in [-0.1, -0.05) is 30.3 Å². The summed E-state index contributed by atoms with van der Waals surface area (Å²) in [5.74, 6) is 0.0347. The number of carbonyl (C=O) groups is 2. The predicted octanol–water partition coefficient (Wildman–Crippen LogP) is 0.388. The van der Waals surface area contributed by atoms with Gasteiger partial charge in [0.15, 0.2) is 0 Å². The van der Waals surface area contributed by atoms with E-state index in [0.29, 0.717) is 6.42 Å². The summed E-state index contributed by atoms with van der Waals surface area (Å²) in [6, 6.07) is 9.59. The Morgan fingerprint density at radius 1 is 1.41 bits per heavy atom. The maximum absolute atomic E-state index is 10.4. The first-order valence-corrected chi connectivity index (χ1v) is 5.84. The molecule has 0 saturated carbocycles. The van der Waals surface area contributed by atoms with Crippen LogP contribution in [0.2, 0.25) is 0 Å². The van der Waals surface area contributed by atoms with Gasteiger partial charge in [0.2, 0.25) is 5.91 Å². The number of carbonyl (C=O) groups excluding carboxylic acids is 2. The van der Waals surface area contributed by atoms with Crippen LogP contribution in [0.5, 0.6) is 0 Å². The second-order valence-corrected chi connectivity index (χ2v) is 4.13. The van der Waals surface area contributed by atoms with Crippen LogP contribution in [0, 0.1) is 0 Å². The molecule has 0 spiro atoms. The molecule has 1 heterocycles. The Morgan fingerprint density at radius 2 is 2.06 bits per heavy atom. The Balaban J connectivity index is 0.000000171. The fourth-order valence-electron chi connectivity index (χ4n) is 1.37. The first-order valence-electron chi connectivity index (χ1n) is 5.32. The lowest BCUT2D eigenvalue weighted by atomic mass is 10.1. The normalized spacial score (nSPS) is 21.6. The average Bonchev–Trinajstić information content (AvgIpc) is 2.32. The molecule has 17 heavy (non-hydrogen) atoms. The summed E-state index contributed by atoms with van der Waals surface area (Å²) in [6.07, 6.45) is 1.44. The van der Waals surface area contributed by atoms with Gasteiger partial charge in [-0.3, -0.25) is 4.79 Å². The number of thiol groups is 1. The van der Waals surface area contributed by atoms with Crippen molar-refractivity contribution >= 4 is 24.8 Å². The Kier molecular flexibility index (Phi) is 5.72. The van der Waals surface area contributed by atoms with Gasteiger partial charge < -0.3 is 15.4 Å². The zero-order chi connectivity index (χ0) is 12.7. The van der Waals surface area contributed by atoms with E-state index < -0.39 is 0 Å². The van der Waals surface area contributed by atoms with E-state index in [4.69, 9.17) is 0 Å². The van der Waals surface area contributed by atoms with E-state index in [2.05, 4.69) is 23.3 Å². The summed E-state index contributed by atoms with van der Waals surface area (Å²) in [6.45, 7) is 0. The number of hydrogen-bond donors (Lipinski definition) is 3. The van der Waals surface area contributed by atoms with Crippen LogP contribution in [0.15, 0.2) is 30.3 Å². The third kappa shape index (κ3) is 4.20. The number of likely N-dealkylation sites (N-methyl/N-ethyl adjacent to an activating group) is 1.